The molecular weight excluding hydrogens is 322 g/mol. The summed E-state index contributed by atoms with van der Waals surface area (Å²) < 4.78 is 5.26. The summed E-state index contributed by atoms with van der Waals surface area (Å²) in [4.78, 5) is 11.7. The van der Waals surface area contributed by atoms with Crippen LogP contribution in [0.2, 0.25) is 0 Å². The van der Waals surface area contributed by atoms with Gasteiger partial charge in [-0.2, -0.15) is 0 Å². The van der Waals surface area contributed by atoms with Crippen molar-refractivity contribution in [2.75, 3.05) is 19.1 Å². The van der Waals surface area contributed by atoms with Crippen LogP contribution in [0.15, 0.2) is 78.9 Å². The van der Waals surface area contributed by atoms with Crippen LogP contribution in [-0.4, -0.2) is 24.1 Å². The molecule has 0 N–H and O–H groups in total. The number of nitrogens with zero attached hydrogens (tertiary/aromatic N) is 3. The summed E-state index contributed by atoms with van der Waals surface area (Å²) in [6, 6.07) is 26.1. The summed E-state index contributed by atoms with van der Waals surface area (Å²) in [5.74, 6) is 2.43. The van der Waals surface area contributed by atoms with Crippen molar-refractivity contribution in [2.24, 2.45) is 0 Å². The summed E-state index contributed by atoms with van der Waals surface area (Å²) in [6.45, 7) is 0. The van der Waals surface area contributed by atoms with E-state index >= 15 is 0 Å². The third kappa shape index (κ3) is 2.97. The Hall–Kier alpha value is -3.40. The van der Waals surface area contributed by atoms with Crippen molar-refractivity contribution in [3.05, 3.63) is 78.9 Å². The molecule has 0 aliphatic carbocycles. The van der Waals surface area contributed by atoms with E-state index in [2.05, 4.69) is 11.0 Å². The van der Waals surface area contributed by atoms with Crippen LogP contribution in [0.25, 0.3) is 22.3 Å². The van der Waals surface area contributed by atoms with Crippen LogP contribution < -0.4 is 9.64 Å². The lowest BCUT2D eigenvalue weighted by molar-refractivity contribution is 0.415. The molecule has 0 aliphatic rings. The van der Waals surface area contributed by atoms with Crippen molar-refractivity contribution in [1.82, 2.24) is 9.97 Å². The summed E-state index contributed by atoms with van der Waals surface area (Å²) in [6.07, 6.45) is 0. The van der Waals surface area contributed by atoms with Gasteiger partial charge in [0.2, 0.25) is 0 Å². The number of anilines is 2. The third-order valence-corrected chi connectivity index (χ3v) is 4.39. The predicted octanol–water partition coefficient (Wildman–Crippen LogP) is 5.07. The van der Waals surface area contributed by atoms with Gasteiger partial charge in [-0.25, -0.2) is 9.97 Å². The average Bonchev–Trinajstić information content (AvgIpc) is 2.73. The van der Waals surface area contributed by atoms with Crippen LogP contribution in [0.4, 0.5) is 11.5 Å². The maximum Gasteiger partial charge on any atom is 0.162 e. The van der Waals surface area contributed by atoms with Gasteiger partial charge in [0, 0.05) is 23.7 Å². The van der Waals surface area contributed by atoms with Crippen molar-refractivity contribution in [2.45, 2.75) is 0 Å². The Kier molecular flexibility index (Phi) is 4.23. The number of para-hydroxylation sites is 1. The summed E-state index contributed by atoms with van der Waals surface area (Å²) in [5.41, 5.74) is 2.97. The highest BCUT2D eigenvalue weighted by atomic mass is 16.5. The molecule has 0 spiro atoms. The van der Waals surface area contributed by atoms with E-state index in [0.29, 0.717) is 0 Å². The van der Waals surface area contributed by atoms with E-state index in [0.717, 1.165) is 39.5 Å². The van der Waals surface area contributed by atoms with Crippen LogP contribution in [-0.2, 0) is 0 Å². The highest BCUT2D eigenvalue weighted by Gasteiger charge is 2.14. The molecule has 0 radical (unpaired) electrons. The number of hydrogen-bond acceptors (Lipinski definition) is 4. The van der Waals surface area contributed by atoms with Gasteiger partial charge in [0.1, 0.15) is 11.6 Å². The Labute approximate surface area is 152 Å². The molecule has 0 bridgehead atoms. The maximum atomic E-state index is 5.26. The number of hydrogen-bond donors (Lipinski definition) is 0. The number of rotatable bonds is 4. The van der Waals surface area contributed by atoms with Gasteiger partial charge in [0.05, 0.1) is 12.6 Å². The van der Waals surface area contributed by atoms with Gasteiger partial charge >= 0.3 is 0 Å². The second-order valence-electron chi connectivity index (χ2n) is 6.01. The first-order valence-corrected chi connectivity index (χ1v) is 8.46. The van der Waals surface area contributed by atoms with E-state index in [1.807, 2.05) is 79.8 Å². The Morgan fingerprint density at radius 3 is 2.19 bits per heavy atom. The van der Waals surface area contributed by atoms with Crippen molar-refractivity contribution >= 4 is 22.4 Å². The lowest BCUT2D eigenvalue weighted by atomic mass is 10.1. The van der Waals surface area contributed by atoms with Gasteiger partial charge in [-0.3, -0.25) is 0 Å². The second kappa shape index (κ2) is 6.84. The molecule has 4 aromatic rings. The first-order chi connectivity index (χ1) is 12.8. The van der Waals surface area contributed by atoms with E-state index in [9.17, 15) is 0 Å². The number of methoxy groups -OCH3 is 1. The van der Waals surface area contributed by atoms with Gasteiger partial charge in [-0.05, 0) is 36.4 Å². The van der Waals surface area contributed by atoms with E-state index in [1.54, 1.807) is 7.11 Å². The Morgan fingerprint density at radius 1 is 0.769 bits per heavy atom. The molecule has 128 valence electrons. The summed E-state index contributed by atoms with van der Waals surface area (Å²) >= 11 is 0. The zero-order valence-corrected chi connectivity index (χ0v) is 14.8. The fourth-order valence-electron chi connectivity index (χ4n) is 2.96. The van der Waals surface area contributed by atoms with Gasteiger partial charge < -0.3 is 9.64 Å². The molecule has 1 heterocycles. The predicted molar refractivity (Wildman–Crippen MR) is 106 cm³/mol. The summed E-state index contributed by atoms with van der Waals surface area (Å²) in [7, 11) is 3.69. The van der Waals surface area contributed by atoms with Crippen molar-refractivity contribution in [3.8, 4) is 17.1 Å². The first kappa shape index (κ1) is 16.1. The third-order valence-electron chi connectivity index (χ3n) is 4.39. The Balaban J connectivity index is 1.86. The number of aromatic nitrogens is 2. The van der Waals surface area contributed by atoms with Crippen LogP contribution >= 0.6 is 0 Å². The van der Waals surface area contributed by atoms with E-state index in [-0.39, 0.29) is 0 Å². The van der Waals surface area contributed by atoms with Crippen LogP contribution in [0.1, 0.15) is 0 Å². The fraction of sp³-hybridized carbons (Fsp3) is 0.0909. The monoisotopic (exact) mass is 341 g/mol. The summed E-state index contributed by atoms with van der Waals surface area (Å²) in [5, 5.41) is 1.02. The molecule has 3 aromatic carbocycles. The molecule has 0 unspecified atom stereocenters. The van der Waals surface area contributed by atoms with Crippen LogP contribution in [0, 0.1) is 0 Å². The van der Waals surface area contributed by atoms with Crippen LogP contribution in [0.5, 0.6) is 5.75 Å². The molecule has 0 saturated heterocycles. The SMILES string of the molecule is COc1ccc(N(C)c2nc(-c3ccccc3)nc3ccccc23)cc1. The average molecular weight is 341 g/mol. The first-order valence-electron chi connectivity index (χ1n) is 8.46. The van der Waals surface area contributed by atoms with Crippen molar-refractivity contribution < 1.29 is 4.74 Å². The highest BCUT2D eigenvalue weighted by molar-refractivity contribution is 5.92. The Bertz CT molecular complexity index is 1030. The van der Waals surface area contributed by atoms with Gasteiger partial charge in [-0.15, -0.1) is 0 Å². The molecule has 4 rings (SSSR count). The van der Waals surface area contributed by atoms with Crippen molar-refractivity contribution in [1.29, 1.82) is 0 Å². The molecule has 0 saturated carbocycles. The van der Waals surface area contributed by atoms with Gasteiger partial charge in [-0.1, -0.05) is 42.5 Å². The topological polar surface area (TPSA) is 38.2 Å². The lowest BCUT2D eigenvalue weighted by Crippen LogP contribution is -2.12. The molecule has 0 atom stereocenters. The molecule has 4 nitrogen and oxygen atoms in total. The fourth-order valence-corrected chi connectivity index (χ4v) is 2.96. The minimum atomic E-state index is 0.722. The number of benzene rings is 3. The second-order valence-corrected chi connectivity index (χ2v) is 6.01. The number of fused-ring (bicyclic) bond motifs is 1. The quantitative estimate of drug-likeness (QED) is 0.519. The van der Waals surface area contributed by atoms with Crippen molar-refractivity contribution in [3.63, 3.8) is 0 Å². The van der Waals surface area contributed by atoms with E-state index in [4.69, 9.17) is 14.7 Å². The molecule has 0 aliphatic heterocycles. The van der Waals surface area contributed by atoms with E-state index < -0.39 is 0 Å². The molecule has 4 heteroatoms. The Morgan fingerprint density at radius 2 is 1.46 bits per heavy atom. The molecular formula is C22H19N3O. The van der Waals surface area contributed by atoms with Gasteiger partial charge in [0.15, 0.2) is 5.82 Å². The van der Waals surface area contributed by atoms with E-state index in [1.165, 1.54) is 0 Å². The zero-order valence-electron chi connectivity index (χ0n) is 14.8. The molecule has 26 heavy (non-hydrogen) atoms. The number of ether oxygens (including phenoxy) is 1. The molecule has 0 fully saturated rings. The largest absolute Gasteiger partial charge is 0.497 e. The smallest absolute Gasteiger partial charge is 0.162 e. The van der Waals surface area contributed by atoms with Gasteiger partial charge in [0.25, 0.3) is 0 Å². The minimum absolute atomic E-state index is 0.722. The lowest BCUT2D eigenvalue weighted by Gasteiger charge is -2.21. The zero-order chi connectivity index (χ0) is 17.9. The molecule has 1 aromatic heterocycles. The normalized spacial score (nSPS) is 10.7. The van der Waals surface area contributed by atoms with Crippen LogP contribution in [0.3, 0.4) is 0 Å². The molecule has 0 amide bonds. The minimum Gasteiger partial charge on any atom is -0.497 e. The standard InChI is InChI=1S/C22H19N3O/c1-25(17-12-14-18(26-2)15-13-17)22-19-10-6-7-11-20(19)23-21(24-22)16-8-4-3-5-9-16/h3-15H,1-2H3. The maximum absolute atomic E-state index is 5.26. The highest BCUT2D eigenvalue weighted by Crippen LogP contribution is 2.31.